The van der Waals surface area contributed by atoms with Crippen LogP contribution in [0.4, 0.5) is 0 Å². The van der Waals surface area contributed by atoms with E-state index < -0.39 is 0 Å². The summed E-state index contributed by atoms with van der Waals surface area (Å²) in [6, 6.07) is 11.9. The molecule has 0 saturated heterocycles. The maximum Gasteiger partial charge on any atom is 0.0595 e. The Bertz CT molecular complexity index is 631. The van der Waals surface area contributed by atoms with E-state index in [1.54, 1.807) is 0 Å². The van der Waals surface area contributed by atoms with Crippen molar-refractivity contribution in [3.63, 3.8) is 0 Å². The van der Waals surface area contributed by atoms with Crippen molar-refractivity contribution >= 4 is 50.7 Å². The normalized spacial score (nSPS) is 12.4. The van der Waals surface area contributed by atoms with E-state index in [1.807, 2.05) is 30.3 Å². The van der Waals surface area contributed by atoms with Crippen LogP contribution in [-0.4, -0.2) is 6.54 Å². The molecule has 2 aromatic carbocycles. The first kappa shape index (κ1) is 17.1. The highest BCUT2D eigenvalue weighted by atomic mass is 79.9. The van der Waals surface area contributed by atoms with E-state index in [0.29, 0.717) is 15.1 Å². The van der Waals surface area contributed by atoms with Crippen LogP contribution in [0.3, 0.4) is 0 Å². The van der Waals surface area contributed by atoms with E-state index >= 15 is 0 Å². The molecule has 0 amide bonds. The molecule has 0 radical (unpaired) electrons. The largest absolute Gasteiger partial charge is 0.310 e. The van der Waals surface area contributed by atoms with Crippen molar-refractivity contribution in [1.82, 2.24) is 5.32 Å². The van der Waals surface area contributed by atoms with Gasteiger partial charge in [0.15, 0.2) is 0 Å². The average molecular weight is 408 g/mol. The van der Waals surface area contributed by atoms with Gasteiger partial charge in [-0.2, -0.15) is 0 Å². The third-order valence-corrected chi connectivity index (χ3v) is 5.19. The van der Waals surface area contributed by atoms with E-state index in [1.165, 1.54) is 0 Å². The van der Waals surface area contributed by atoms with Crippen LogP contribution in [0.25, 0.3) is 0 Å². The molecule has 1 N–H and O–H groups in total. The Labute approximate surface area is 148 Å². The second-order valence-electron chi connectivity index (χ2n) is 4.74. The third kappa shape index (κ3) is 4.61. The molecule has 2 rings (SSSR count). The maximum absolute atomic E-state index is 6.19. The molecular weight excluding hydrogens is 392 g/mol. The van der Waals surface area contributed by atoms with Crippen molar-refractivity contribution in [2.24, 2.45) is 0 Å². The molecule has 0 heterocycles. The van der Waals surface area contributed by atoms with E-state index in [9.17, 15) is 0 Å². The highest BCUT2D eigenvalue weighted by molar-refractivity contribution is 9.10. The second-order valence-corrected chi connectivity index (χ2v) is 6.81. The number of nitrogens with one attached hydrogen (secondary N) is 1. The first-order chi connectivity index (χ1) is 10.0. The predicted octanol–water partition coefficient (Wildman–Crippen LogP) is 6.30. The van der Waals surface area contributed by atoms with Gasteiger partial charge in [-0.1, -0.05) is 53.9 Å². The van der Waals surface area contributed by atoms with Crippen LogP contribution in [0.2, 0.25) is 15.1 Å². The highest BCUT2D eigenvalue weighted by Gasteiger charge is 2.13. The van der Waals surface area contributed by atoms with Crippen molar-refractivity contribution in [2.75, 3.05) is 6.54 Å². The summed E-state index contributed by atoms with van der Waals surface area (Å²) in [5, 5.41) is 5.35. The first-order valence-electron chi connectivity index (χ1n) is 6.63. The zero-order valence-electron chi connectivity index (χ0n) is 11.5. The Hall–Kier alpha value is -0.250. The third-order valence-electron chi connectivity index (χ3n) is 3.22. The fourth-order valence-electron chi connectivity index (χ4n) is 2.19. The second kappa shape index (κ2) is 7.85. The van der Waals surface area contributed by atoms with Gasteiger partial charge in [0.05, 0.1) is 15.1 Å². The Morgan fingerprint density at radius 2 is 1.76 bits per heavy atom. The van der Waals surface area contributed by atoms with E-state index in [-0.39, 0.29) is 6.04 Å². The van der Waals surface area contributed by atoms with Crippen LogP contribution in [0.5, 0.6) is 0 Å². The molecule has 1 atom stereocenters. The molecule has 1 nitrogen and oxygen atoms in total. The quantitative estimate of drug-likeness (QED) is 0.613. The molecule has 1 unspecified atom stereocenters. The summed E-state index contributed by atoms with van der Waals surface area (Å²) in [5.41, 5.74) is 2.28. The summed E-state index contributed by atoms with van der Waals surface area (Å²) in [6.07, 6.45) is 0.822. The molecule has 0 aliphatic heterocycles. The van der Waals surface area contributed by atoms with Gasteiger partial charge >= 0.3 is 0 Å². The SMILES string of the molecule is CCNC(Cc1ccc(Cl)c(Cl)c1)c1ccc(Br)c(Cl)c1. The lowest BCUT2D eigenvalue weighted by molar-refractivity contribution is 0.550. The topological polar surface area (TPSA) is 12.0 Å². The van der Waals surface area contributed by atoms with E-state index in [0.717, 1.165) is 28.6 Å². The van der Waals surface area contributed by atoms with Crippen LogP contribution >= 0.6 is 50.7 Å². The van der Waals surface area contributed by atoms with Crippen LogP contribution in [0.1, 0.15) is 24.1 Å². The minimum Gasteiger partial charge on any atom is -0.310 e. The molecule has 0 fully saturated rings. The minimum atomic E-state index is 0.179. The van der Waals surface area contributed by atoms with Crippen LogP contribution in [0, 0.1) is 0 Å². The highest BCUT2D eigenvalue weighted by Crippen LogP contribution is 2.29. The van der Waals surface area contributed by atoms with Crippen LogP contribution in [-0.2, 0) is 6.42 Å². The Balaban J connectivity index is 2.25. The van der Waals surface area contributed by atoms with Gasteiger partial charge in [0.1, 0.15) is 0 Å². The summed E-state index contributed by atoms with van der Waals surface area (Å²) < 4.78 is 0.901. The van der Waals surface area contributed by atoms with E-state index in [2.05, 4.69) is 34.2 Å². The average Bonchev–Trinajstić information content (AvgIpc) is 2.45. The lowest BCUT2D eigenvalue weighted by Crippen LogP contribution is -2.23. The minimum absolute atomic E-state index is 0.179. The number of rotatable bonds is 5. The summed E-state index contributed by atoms with van der Waals surface area (Å²) in [7, 11) is 0. The van der Waals surface area contributed by atoms with Crippen LogP contribution < -0.4 is 5.32 Å². The van der Waals surface area contributed by atoms with Crippen molar-refractivity contribution < 1.29 is 0 Å². The van der Waals surface area contributed by atoms with Crippen LogP contribution in [0.15, 0.2) is 40.9 Å². The van der Waals surface area contributed by atoms with Gasteiger partial charge in [0, 0.05) is 10.5 Å². The molecule has 0 saturated carbocycles. The number of halogens is 4. The van der Waals surface area contributed by atoms with Gasteiger partial charge in [0.2, 0.25) is 0 Å². The molecular formula is C16H15BrCl3N. The molecule has 0 aliphatic carbocycles. The number of hydrogen-bond acceptors (Lipinski definition) is 1. The molecule has 0 spiro atoms. The number of likely N-dealkylation sites (N-methyl/N-ethyl adjacent to an activating group) is 1. The van der Waals surface area contributed by atoms with Gasteiger partial charge < -0.3 is 5.32 Å². The fourth-order valence-corrected chi connectivity index (χ4v) is 2.94. The molecule has 0 bridgehead atoms. The van der Waals surface area contributed by atoms with Gasteiger partial charge in [-0.25, -0.2) is 0 Å². The van der Waals surface area contributed by atoms with Gasteiger partial charge in [0.25, 0.3) is 0 Å². The number of benzene rings is 2. The zero-order valence-corrected chi connectivity index (χ0v) is 15.3. The molecule has 0 aliphatic rings. The first-order valence-corrected chi connectivity index (χ1v) is 8.56. The van der Waals surface area contributed by atoms with Gasteiger partial charge in [-0.3, -0.25) is 0 Å². The monoisotopic (exact) mass is 405 g/mol. The molecule has 5 heteroatoms. The Kier molecular flexibility index (Phi) is 6.39. The fraction of sp³-hybridized carbons (Fsp3) is 0.250. The molecule has 2 aromatic rings. The van der Waals surface area contributed by atoms with Crippen molar-refractivity contribution in [2.45, 2.75) is 19.4 Å². The molecule has 112 valence electrons. The summed E-state index contributed by atoms with van der Waals surface area (Å²) in [5.74, 6) is 0. The van der Waals surface area contributed by atoms with Gasteiger partial charge in [-0.15, -0.1) is 0 Å². The predicted molar refractivity (Wildman–Crippen MR) is 95.7 cm³/mol. The summed E-state index contributed by atoms with van der Waals surface area (Å²) in [4.78, 5) is 0. The lowest BCUT2D eigenvalue weighted by Gasteiger charge is -2.19. The smallest absolute Gasteiger partial charge is 0.0595 e. The molecule has 0 aromatic heterocycles. The molecule has 21 heavy (non-hydrogen) atoms. The standard InChI is InChI=1S/C16H15BrCl3N/c1-2-21-16(11-4-5-12(17)14(19)9-11)8-10-3-6-13(18)15(20)7-10/h3-7,9,16,21H,2,8H2,1H3. The number of hydrogen-bond donors (Lipinski definition) is 1. The maximum atomic E-state index is 6.19. The van der Waals surface area contributed by atoms with Crippen molar-refractivity contribution in [3.05, 3.63) is 67.1 Å². The van der Waals surface area contributed by atoms with E-state index in [4.69, 9.17) is 34.8 Å². The zero-order chi connectivity index (χ0) is 15.4. The summed E-state index contributed by atoms with van der Waals surface area (Å²) >= 11 is 21.7. The van der Waals surface area contributed by atoms with Crippen molar-refractivity contribution in [3.8, 4) is 0 Å². The Morgan fingerprint density at radius 1 is 1.00 bits per heavy atom. The summed E-state index contributed by atoms with van der Waals surface area (Å²) in [6.45, 7) is 2.96. The van der Waals surface area contributed by atoms with Gasteiger partial charge in [-0.05, 0) is 64.3 Å². The Morgan fingerprint density at radius 3 is 2.38 bits per heavy atom. The lowest BCUT2D eigenvalue weighted by atomic mass is 9.99. The van der Waals surface area contributed by atoms with Crippen molar-refractivity contribution in [1.29, 1.82) is 0 Å².